The average Bonchev–Trinajstić information content (AvgIpc) is 3.05. The van der Waals surface area contributed by atoms with Crippen LogP contribution in [0.1, 0.15) is 19.3 Å². The van der Waals surface area contributed by atoms with Gasteiger partial charge in [-0.1, -0.05) is 6.07 Å². The third-order valence-corrected chi connectivity index (χ3v) is 4.30. The van der Waals surface area contributed by atoms with Gasteiger partial charge in [0.15, 0.2) is 0 Å². The minimum absolute atomic E-state index is 0.0153. The van der Waals surface area contributed by atoms with Gasteiger partial charge in [0.05, 0.1) is 0 Å². The molecule has 1 aromatic rings. The van der Waals surface area contributed by atoms with E-state index in [4.69, 9.17) is 4.74 Å². The molecule has 21 heavy (non-hydrogen) atoms. The van der Waals surface area contributed by atoms with Crippen molar-refractivity contribution in [1.82, 2.24) is 0 Å². The molecule has 2 atom stereocenters. The second kappa shape index (κ2) is 5.85. The van der Waals surface area contributed by atoms with Crippen molar-refractivity contribution in [2.24, 2.45) is 17.8 Å². The summed E-state index contributed by atoms with van der Waals surface area (Å²) in [6.45, 7) is 0.0153. The molecule has 2 unspecified atom stereocenters. The number of carbonyl (C=O) groups is 2. The van der Waals surface area contributed by atoms with Crippen molar-refractivity contribution in [1.29, 1.82) is 0 Å². The molecule has 5 heteroatoms. The van der Waals surface area contributed by atoms with Crippen LogP contribution in [-0.4, -0.2) is 25.5 Å². The maximum atomic E-state index is 12.2. The quantitative estimate of drug-likeness (QED) is 0.873. The molecule has 112 valence electrons. The van der Waals surface area contributed by atoms with Crippen LogP contribution in [0.3, 0.4) is 0 Å². The number of carbonyl (C=O) groups excluding carboxylic acids is 2. The zero-order valence-corrected chi connectivity index (χ0v) is 12.1. The number of ether oxygens (including phenoxy) is 1. The van der Waals surface area contributed by atoms with Crippen molar-refractivity contribution >= 4 is 23.2 Å². The lowest BCUT2D eigenvalue weighted by molar-refractivity contribution is -0.120. The van der Waals surface area contributed by atoms with Crippen LogP contribution in [0.15, 0.2) is 24.3 Å². The smallest absolute Gasteiger partial charge is 0.250 e. The van der Waals surface area contributed by atoms with Crippen molar-refractivity contribution in [2.75, 3.05) is 24.4 Å². The van der Waals surface area contributed by atoms with Crippen molar-refractivity contribution < 1.29 is 14.3 Å². The molecule has 0 radical (unpaired) electrons. The van der Waals surface area contributed by atoms with Crippen LogP contribution in [0.4, 0.5) is 11.4 Å². The van der Waals surface area contributed by atoms with Gasteiger partial charge in [-0.3, -0.25) is 9.59 Å². The highest BCUT2D eigenvalue weighted by Crippen LogP contribution is 2.54. The zero-order valence-electron chi connectivity index (χ0n) is 12.1. The number of fused-ring (bicyclic) bond motifs is 1. The molecule has 2 aliphatic rings. The SMILES string of the molecule is COCC(=O)Nc1cccc(NC(=O)C2CC3CC3C2)c1. The van der Waals surface area contributed by atoms with E-state index in [9.17, 15) is 9.59 Å². The molecule has 0 bridgehead atoms. The molecular formula is C16H20N2O3. The lowest BCUT2D eigenvalue weighted by Gasteiger charge is -2.13. The molecule has 0 heterocycles. The summed E-state index contributed by atoms with van der Waals surface area (Å²) in [7, 11) is 1.47. The Morgan fingerprint density at radius 1 is 1.14 bits per heavy atom. The molecule has 2 fully saturated rings. The fourth-order valence-electron chi connectivity index (χ4n) is 3.18. The van der Waals surface area contributed by atoms with Crippen molar-refractivity contribution in [3.05, 3.63) is 24.3 Å². The highest BCUT2D eigenvalue weighted by molar-refractivity contribution is 5.95. The molecule has 5 nitrogen and oxygen atoms in total. The fourth-order valence-corrected chi connectivity index (χ4v) is 3.18. The molecule has 0 saturated heterocycles. The van der Waals surface area contributed by atoms with E-state index in [1.165, 1.54) is 13.5 Å². The van der Waals surface area contributed by atoms with Crippen LogP contribution in [0.2, 0.25) is 0 Å². The predicted molar refractivity (Wildman–Crippen MR) is 79.9 cm³/mol. The largest absolute Gasteiger partial charge is 0.375 e. The Morgan fingerprint density at radius 3 is 2.48 bits per heavy atom. The molecule has 0 aromatic heterocycles. The van der Waals surface area contributed by atoms with E-state index in [1.54, 1.807) is 12.1 Å². The number of rotatable bonds is 5. The Bertz CT molecular complexity index is 548. The van der Waals surface area contributed by atoms with Gasteiger partial charge < -0.3 is 15.4 Å². The molecular weight excluding hydrogens is 268 g/mol. The second-order valence-electron chi connectivity index (χ2n) is 5.98. The summed E-state index contributed by atoms with van der Waals surface area (Å²) in [5, 5.41) is 5.67. The standard InChI is InChI=1S/C16H20N2O3/c1-21-9-15(19)17-13-3-2-4-14(8-13)18-16(20)12-6-10-5-11(10)7-12/h2-4,8,10-12H,5-7,9H2,1H3,(H,17,19)(H,18,20). The first-order valence-corrected chi connectivity index (χ1v) is 7.35. The van der Waals surface area contributed by atoms with Crippen LogP contribution >= 0.6 is 0 Å². The van der Waals surface area contributed by atoms with E-state index < -0.39 is 0 Å². The zero-order chi connectivity index (χ0) is 14.8. The summed E-state index contributed by atoms with van der Waals surface area (Å²) in [5.74, 6) is 1.63. The van der Waals surface area contributed by atoms with E-state index in [-0.39, 0.29) is 24.3 Å². The van der Waals surface area contributed by atoms with Gasteiger partial charge >= 0.3 is 0 Å². The molecule has 2 amide bonds. The number of benzene rings is 1. The van der Waals surface area contributed by atoms with Crippen molar-refractivity contribution in [3.63, 3.8) is 0 Å². The summed E-state index contributed by atoms with van der Waals surface area (Å²) >= 11 is 0. The van der Waals surface area contributed by atoms with E-state index >= 15 is 0 Å². The van der Waals surface area contributed by atoms with E-state index in [0.29, 0.717) is 5.69 Å². The van der Waals surface area contributed by atoms with Crippen LogP contribution in [0.5, 0.6) is 0 Å². The highest BCUT2D eigenvalue weighted by Gasteiger charge is 2.47. The number of amides is 2. The fraction of sp³-hybridized carbons (Fsp3) is 0.500. The van der Waals surface area contributed by atoms with Crippen molar-refractivity contribution in [2.45, 2.75) is 19.3 Å². The molecule has 2 aliphatic carbocycles. The van der Waals surface area contributed by atoms with Gasteiger partial charge in [0.1, 0.15) is 6.61 Å². The number of methoxy groups -OCH3 is 1. The topological polar surface area (TPSA) is 67.4 Å². The van der Waals surface area contributed by atoms with Crippen LogP contribution in [0.25, 0.3) is 0 Å². The average molecular weight is 288 g/mol. The van der Waals surface area contributed by atoms with Gasteiger partial charge in [0.2, 0.25) is 11.8 Å². The third-order valence-electron chi connectivity index (χ3n) is 4.30. The summed E-state index contributed by atoms with van der Waals surface area (Å²) in [6, 6.07) is 7.19. The van der Waals surface area contributed by atoms with Gasteiger partial charge in [-0.05, 0) is 49.3 Å². The normalized spacial score (nSPS) is 26.0. The first kappa shape index (κ1) is 14.1. The van der Waals surface area contributed by atoms with Gasteiger partial charge in [0.25, 0.3) is 0 Å². The Balaban J connectivity index is 1.57. The third kappa shape index (κ3) is 3.42. The maximum absolute atomic E-state index is 12.2. The summed E-state index contributed by atoms with van der Waals surface area (Å²) in [5.41, 5.74) is 1.37. The van der Waals surface area contributed by atoms with Gasteiger partial charge in [-0.2, -0.15) is 0 Å². The molecule has 0 aliphatic heterocycles. The number of nitrogens with one attached hydrogen (secondary N) is 2. The first-order valence-electron chi connectivity index (χ1n) is 7.35. The molecule has 2 N–H and O–H groups in total. The molecule has 3 rings (SSSR count). The summed E-state index contributed by atoms with van der Waals surface area (Å²) < 4.78 is 4.77. The predicted octanol–water partition coefficient (Wildman–Crippen LogP) is 2.26. The molecule has 2 saturated carbocycles. The van der Waals surface area contributed by atoms with Crippen LogP contribution < -0.4 is 10.6 Å². The Morgan fingerprint density at radius 2 is 1.81 bits per heavy atom. The first-order chi connectivity index (χ1) is 10.2. The minimum atomic E-state index is -0.211. The Hall–Kier alpha value is -1.88. The van der Waals surface area contributed by atoms with Gasteiger partial charge in [-0.15, -0.1) is 0 Å². The lowest BCUT2D eigenvalue weighted by Crippen LogP contribution is -2.22. The van der Waals surface area contributed by atoms with E-state index in [2.05, 4.69) is 10.6 Å². The molecule has 0 spiro atoms. The lowest BCUT2D eigenvalue weighted by atomic mass is 10.0. The maximum Gasteiger partial charge on any atom is 0.250 e. The van der Waals surface area contributed by atoms with Crippen molar-refractivity contribution in [3.8, 4) is 0 Å². The highest BCUT2D eigenvalue weighted by atomic mass is 16.5. The summed E-state index contributed by atoms with van der Waals surface area (Å²) in [4.78, 5) is 23.7. The monoisotopic (exact) mass is 288 g/mol. The van der Waals surface area contributed by atoms with Gasteiger partial charge in [0, 0.05) is 24.4 Å². The summed E-state index contributed by atoms with van der Waals surface area (Å²) in [6.07, 6.45) is 3.37. The number of hydrogen-bond donors (Lipinski definition) is 2. The second-order valence-corrected chi connectivity index (χ2v) is 5.98. The number of hydrogen-bond acceptors (Lipinski definition) is 3. The van der Waals surface area contributed by atoms with E-state index in [1.807, 2.05) is 12.1 Å². The van der Waals surface area contributed by atoms with Crippen LogP contribution in [0, 0.1) is 17.8 Å². The Kier molecular flexibility index (Phi) is 3.92. The Labute approximate surface area is 124 Å². The number of anilines is 2. The van der Waals surface area contributed by atoms with Crippen LogP contribution in [-0.2, 0) is 14.3 Å². The van der Waals surface area contributed by atoms with E-state index in [0.717, 1.165) is 30.4 Å². The molecule has 1 aromatic carbocycles. The van der Waals surface area contributed by atoms with Gasteiger partial charge in [-0.25, -0.2) is 0 Å². The minimum Gasteiger partial charge on any atom is -0.375 e.